The van der Waals surface area contributed by atoms with Crippen LogP contribution in [-0.4, -0.2) is 11.2 Å². The Labute approximate surface area is 92.1 Å². The average Bonchev–Trinajstić information content (AvgIpc) is 2.27. The number of aliphatic hydroxyl groups excluding tert-OH is 1. The van der Waals surface area contributed by atoms with Gasteiger partial charge < -0.3 is 10.8 Å². The lowest BCUT2D eigenvalue weighted by atomic mass is 10.0. The Hall–Kier alpha value is -1.02. The molecule has 0 saturated carbocycles. The second-order valence-corrected chi connectivity index (χ2v) is 3.99. The standard InChI is InChI=1S/C13H21NO/c1-3-10-5-8-13(14)11(9-10)6-7-12(15)4-2/h5,8-9,12,15H,3-4,6-7,14H2,1-2H3/t12-/m0/s1. The molecule has 3 N–H and O–H groups in total. The fourth-order valence-electron chi connectivity index (χ4n) is 1.62. The van der Waals surface area contributed by atoms with Gasteiger partial charge in [0.2, 0.25) is 0 Å². The summed E-state index contributed by atoms with van der Waals surface area (Å²) in [6, 6.07) is 6.18. The van der Waals surface area contributed by atoms with Crippen LogP contribution in [0.25, 0.3) is 0 Å². The van der Waals surface area contributed by atoms with Crippen molar-refractivity contribution in [3.63, 3.8) is 0 Å². The number of rotatable bonds is 5. The molecule has 0 saturated heterocycles. The Bertz CT molecular complexity index is 309. The summed E-state index contributed by atoms with van der Waals surface area (Å²) in [6.07, 6.45) is 3.31. The van der Waals surface area contributed by atoms with Crippen LogP contribution in [0.15, 0.2) is 18.2 Å². The molecular formula is C13H21NO. The molecule has 0 heterocycles. The van der Waals surface area contributed by atoms with E-state index in [4.69, 9.17) is 5.73 Å². The SMILES string of the molecule is CCc1ccc(N)c(CC[C@@H](O)CC)c1. The van der Waals surface area contributed by atoms with Gasteiger partial charge in [-0.25, -0.2) is 0 Å². The van der Waals surface area contributed by atoms with Crippen molar-refractivity contribution in [2.24, 2.45) is 0 Å². The summed E-state index contributed by atoms with van der Waals surface area (Å²) in [4.78, 5) is 0. The zero-order valence-electron chi connectivity index (χ0n) is 9.66. The number of hydrogen-bond acceptors (Lipinski definition) is 2. The number of hydrogen-bond donors (Lipinski definition) is 2. The molecule has 0 radical (unpaired) electrons. The second-order valence-electron chi connectivity index (χ2n) is 3.99. The van der Waals surface area contributed by atoms with Crippen LogP contribution in [0.1, 0.15) is 37.8 Å². The molecule has 84 valence electrons. The first-order valence-corrected chi connectivity index (χ1v) is 5.72. The van der Waals surface area contributed by atoms with E-state index in [1.807, 2.05) is 13.0 Å². The van der Waals surface area contributed by atoms with E-state index in [1.54, 1.807) is 0 Å². The fraction of sp³-hybridized carbons (Fsp3) is 0.538. The number of nitrogen functional groups attached to an aromatic ring is 1. The topological polar surface area (TPSA) is 46.2 Å². The van der Waals surface area contributed by atoms with Crippen LogP contribution >= 0.6 is 0 Å². The highest BCUT2D eigenvalue weighted by molar-refractivity contribution is 5.48. The Morgan fingerprint density at radius 3 is 2.67 bits per heavy atom. The first-order chi connectivity index (χ1) is 7.17. The maximum absolute atomic E-state index is 9.50. The Morgan fingerprint density at radius 1 is 1.33 bits per heavy atom. The van der Waals surface area contributed by atoms with E-state index >= 15 is 0 Å². The largest absolute Gasteiger partial charge is 0.399 e. The molecule has 0 bridgehead atoms. The Balaban J connectivity index is 2.66. The van der Waals surface area contributed by atoms with Gasteiger partial charge in [0, 0.05) is 5.69 Å². The smallest absolute Gasteiger partial charge is 0.0540 e. The van der Waals surface area contributed by atoms with Gasteiger partial charge in [-0.15, -0.1) is 0 Å². The molecule has 1 aromatic rings. The van der Waals surface area contributed by atoms with Gasteiger partial charge >= 0.3 is 0 Å². The molecule has 0 aromatic heterocycles. The van der Waals surface area contributed by atoms with E-state index in [1.165, 1.54) is 11.1 Å². The van der Waals surface area contributed by atoms with Crippen molar-refractivity contribution in [3.05, 3.63) is 29.3 Å². The van der Waals surface area contributed by atoms with Gasteiger partial charge in [-0.05, 0) is 42.9 Å². The molecule has 2 nitrogen and oxygen atoms in total. The number of aryl methyl sites for hydroxylation is 2. The van der Waals surface area contributed by atoms with E-state index in [2.05, 4.69) is 19.1 Å². The lowest BCUT2D eigenvalue weighted by Crippen LogP contribution is -2.07. The summed E-state index contributed by atoms with van der Waals surface area (Å²) < 4.78 is 0. The summed E-state index contributed by atoms with van der Waals surface area (Å²) in [7, 11) is 0. The van der Waals surface area contributed by atoms with Crippen LogP contribution in [-0.2, 0) is 12.8 Å². The molecule has 1 rings (SSSR count). The molecule has 0 unspecified atom stereocenters. The van der Waals surface area contributed by atoms with Crippen molar-refractivity contribution in [1.29, 1.82) is 0 Å². The highest BCUT2D eigenvalue weighted by Crippen LogP contribution is 2.17. The van der Waals surface area contributed by atoms with E-state index in [0.717, 1.165) is 31.4 Å². The highest BCUT2D eigenvalue weighted by atomic mass is 16.3. The lowest BCUT2D eigenvalue weighted by molar-refractivity contribution is 0.161. The third kappa shape index (κ3) is 3.56. The number of aliphatic hydroxyl groups is 1. The van der Waals surface area contributed by atoms with Crippen molar-refractivity contribution in [3.8, 4) is 0 Å². The molecule has 0 aliphatic carbocycles. The van der Waals surface area contributed by atoms with Crippen LogP contribution in [0.4, 0.5) is 5.69 Å². The first-order valence-electron chi connectivity index (χ1n) is 5.72. The minimum atomic E-state index is -0.199. The summed E-state index contributed by atoms with van der Waals surface area (Å²) in [5.74, 6) is 0. The van der Waals surface area contributed by atoms with Gasteiger partial charge in [0.15, 0.2) is 0 Å². The van der Waals surface area contributed by atoms with Crippen molar-refractivity contribution in [2.45, 2.75) is 45.6 Å². The van der Waals surface area contributed by atoms with Gasteiger partial charge in [-0.1, -0.05) is 26.0 Å². The van der Waals surface area contributed by atoms with Gasteiger partial charge in [-0.3, -0.25) is 0 Å². The van der Waals surface area contributed by atoms with Crippen molar-refractivity contribution in [2.75, 3.05) is 5.73 Å². The summed E-state index contributed by atoms with van der Waals surface area (Å²) in [5.41, 5.74) is 9.21. The zero-order valence-corrected chi connectivity index (χ0v) is 9.66. The molecule has 1 atom stereocenters. The number of nitrogens with two attached hydrogens (primary N) is 1. The molecule has 0 amide bonds. The van der Waals surface area contributed by atoms with Crippen LogP contribution in [0, 0.1) is 0 Å². The second kappa shape index (κ2) is 5.76. The van der Waals surface area contributed by atoms with Crippen LogP contribution in [0.2, 0.25) is 0 Å². The minimum Gasteiger partial charge on any atom is -0.399 e. The quantitative estimate of drug-likeness (QED) is 0.729. The number of anilines is 1. The fourth-order valence-corrected chi connectivity index (χ4v) is 1.62. The van der Waals surface area contributed by atoms with Gasteiger partial charge in [0.1, 0.15) is 0 Å². The van der Waals surface area contributed by atoms with Crippen LogP contribution in [0.3, 0.4) is 0 Å². The van der Waals surface area contributed by atoms with Crippen molar-refractivity contribution < 1.29 is 5.11 Å². The Morgan fingerprint density at radius 2 is 2.07 bits per heavy atom. The predicted octanol–water partition coefficient (Wildman–Crippen LogP) is 2.53. The third-order valence-electron chi connectivity index (χ3n) is 2.83. The number of benzene rings is 1. The molecule has 0 spiro atoms. The van der Waals surface area contributed by atoms with Crippen molar-refractivity contribution >= 4 is 5.69 Å². The molecule has 15 heavy (non-hydrogen) atoms. The lowest BCUT2D eigenvalue weighted by Gasteiger charge is -2.10. The summed E-state index contributed by atoms with van der Waals surface area (Å²) in [5, 5.41) is 9.50. The third-order valence-corrected chi connectivity index (χ3v) is 2.83. The molecule has 0 aliphatic heterocycles. The zero-order chi connectivity index (χ0) is 11.3. The summed E-state index contributed by atoms with van der Waals surface area (Å²) >= 11 is 0. The van der Waals surface area contributed by atoms with Crippen LogP contribution < -0.4 is 5.73 Å². The Kier molecular flexibility index (Phi) is 4.63. The predicted molar refractivity (Wildman–Crippen MR) is 64.9 cm³/mol. The van der Waals surface area contributed by atoms with E-state index < -0.39 is 0 Å². The molecule has 0 aliphatic rings. The molecule has 0 fully saturated rings. The van der Waals surface area contributed by atoms with Crippen LogP contribution in [0.5, 0.6) is 0 Å². The maximum atomic E-state index is 9.50. The van der Waals surface area contributed by atoms with E-state index in [9.17, 15) is 5.11 Å². The highest BCUT2D eigenvalue weighted by Gasteiger charge is 2.04. The molecule has 2 heteroatoms. The van der Waals surface area contributed by atoms with Gasteiger partial charge in [0.25, 0.3) is 0 Å². The van der Waals surface area contributed by atoms with Gasteiger partial charge in [0.05, 0.1) is 6.10 Å². The average molecular weight is 207 g/mol. The molecule has 1 aromatic carbocycles. The minimum absolute atomic E-state index is 0.199. The van der Waals surface area contributed by atoms with Gasteiger partial charge in [-0.2, -0.15) is 0 Å². The molecular weight excluding hydrogens is 186 g/mol. The maximum Gasteiger partial charge on any atom is 0.0540 e. The normalized spacial score (nSPS) is 12.7. The van der Waals surface area contributed by atoms with E-state index in [-0.39, 0.29) is 6.10 Å². The van der Waals surface area contributed by atoms with E-state index in [0.29, 0.717) is 0 Å². The summed E-state index contributed by atoms with van der Waals surface area (Å²) in [6.45, 7) is 4.13. The monoisotopic (exact) mass is 207 g/mol. The van der Waals surface area contributed by atoms with Crippen molar-refractivity contribution in [1.82, 2.24) is 0 Å². The first kappa shape index (κ1) is 12.1.